The minimum atomic E-state index is -0.0131. The number of aryl methyl sites for hydroxylation is 2. The quantitative estimate of drug-likeness (QED) is 0.0913. The van der Waals surface area contributed by atoms with E-state index in [9.17, 15) is 0 Å². The summed E-state index contributed by atoms with van der Waals surface area (Å²) in [5.74, 6) is 0. The molecule has 2 aliphatic rings. The van der Waals surface area contributed by atoms with Gasteiger partial charge in [0.15, 0.2) is 11.0 Å². The lowest BCUT2D eigenvalue weighted by Gasteiger charge is -2.35. The number of aromatic nitrogens is 3. The molecule has 0 bridgehead atoms. The number of imidazole rings is 1. The van der Waals surface area contributed by atoms with Crippen LogP contribution in [-0.4, -0.2) is 15.7 Å². The molecule has 0 spiro atoms. The number of rotatable bonds is 1. The van der Waals surface area contributed by atoms with Crippen molar-refractivity contribution in [3.63, 3.8) is 0 Å². The lowest BCUT2D eigenvalue weighted by atomic mass is 9.35. The average molecular weight is 823 g/mol. The fourth-order valence-corrected chi connectivity index (χ4v) is 12.2. The number of fused-ring (bicyclic) bond motifs is 15. The zero-order chi connectivity index (χ0) is 42.9. The van der Waals surface area contributed by atoms with E-state index in [2.05, 4.69) is 211 Å². The maximum atomic E-state index is 2.64. The van der Waals surface area contributed by atoms with Gasteiger partial charge < -0.3 is 4.57 Å². The van der Waals surface area contributed by atoms with Gasteiger partial charge in [-0.05, 0) is 128 Å². The van der Waals surface area contributed by atoms with Crippen molar-refractivity contribution in [2.24, 2.45) is 7.05 Å². The van der Waals surface area contributed by atoms with Gasteiger partial charge in [-0.15, -0.1) is 0 Å². The maximum absolute atomic E-state index is 2.64. The molecule has 5 heteroatoms. The van der Waals surface area contributed by atoms with Crippen molar-refractivity contribution < 1.29 is 4.57 Å². The van der Waals surface area contributed by atoms with E-state index in [1.54, 1.807) is 0 Å². The first-order chi connectivity index (χ1) is 29.5. The minimum Gasteiger partial charge on any atom is -0.310 e. The highest BCUT2D eigenvalue weighted by atomic mass is 32.2. The molecule has 304 valence electrons. The largest absolute Gasteiger partial charge is 0.310 e. The highest BCUT2D eigenvalue weighted by Gasteiger charge is 2.41. The second kappa shape index (κ2) is 12.4. The van der Waals surface area contributed by atoms with Crippen LogP contribution in [0.25, 0.3) is 77.0 Å². The van der Waals surface area contributed by atoms with E-state index in [-0.39, 0.29) is 23.0 Å². The Kier molecular flexibility index (Phi) is 7.62. The van der Waals surface area contributed by atoms with Gasteiger partial charge in [0, 0.05) is 42.5 Å². The van der Waals surface area contributed by atoms with E-state index in [0.717, 1.165) is 0 Å². The third-order valence-corrected chi connectivity index (χ3v) is 15.5. The average Bonchev–Trinajstić information content (AvgIpc) is 3.72. The van der Waals surface area contributed by atoms with Crippen LogP contribution in [0.3, 0.4) is 0 Å². The summed E-state index contributed by atoms with van der Waals surface area (Å²) in [6.07, 6.45) is 0. The molecular weight excluding hydrogens is 770 g/mol. The van der Waals surface area contributed by atoms with Gasteiger partial charge in [-0.1, -0.05) is 140 Å². The lowest BCUT2D eigenvalue weighted by Crippen LogP contribution is -2.59. The molecule has 0 saturated carbocycles. The molecule has 0 amide bonds. The van der Waals surface area contributed by atoms with E-state index < -0.39 is 0 Å². The predicted octanol–water partition coefficient (Wildman–Crippen LogP) is 12.5. The standard InChI is InChI=1S/C57H53BN3S/c1-32-15-14-16-39-38-22-19-33(25-47(38)61-46-18-13-12-17-45(46)59(11)54(61)51(32)39)34-26-48-52-50(27-34)62-49-24-21-36(56(5,6)7)30-42(49)58(52)43-31-37(57(8,9)10)29-41-40-28-35(55(2,3)4)20-23-44(40)60(48)53(41)43/h12-31H,1-11H3/q+1. The van der Waals surface area contributed by atoms with Gasteiger partial charge in [-0.3, -0.25) is 0 Å². The lowest BCUT2D eigenvalue weighted by molar-refractivity contribution is -0.617. The van der Waals surface area contributed by atoms with Crippen molar-refractivity contribution >= 4 is 95.0 Å². The molecule has 0 radical (unpaired) electrons. The van der Waals surface area contributed by atoms with E-state index in [4.69, 9.17) is 0 Å². The smallest absolute Gasteiger partial charge is 0.295 e. The van der Waals surface area contributed by atoms with Gasteiger partial charge >= 0.3 is 0 Å². The molecule has 0 saturated heterocycles. The van der Waals surface area contributed by atoms with Gasteiger partial charge in [0.05, 0.1) is 18.0 Å². The Hall–Kier alpha value is -5.78. The van der Waals surface area contributed by atoms with E-state index in [0.29, 0.717) is 0 Å². The van der Waals surface area contributed by atoms with Gasteiger partial charge in [-0.25, -0.2) is 4.57 Å². The first-order valence-corrected chi connectivity index (χ1v) is 23.2. The second-order valence-electron chi connectivity index (χ2n) is 21.4. The number of benzene rings is 7. The molecule has 62 heavy (non-hydrogen) atoms. The molecule has 2 aliphatic heterocycles. The Morgan fingerprint density at radius 1 is 0.532 bits per heavy atom. The molecular formula is C57H53BN3S+. The molecule has 0 unspecified atom stereocenters. The Balaban J connectivity index is 1.20. The number of nitrogens with zero attached hydrogens (tertiary/aromatic N) is 3. The molecule has 0 fully saturated rings. The van der Waals surface area contributed by atoms with E-state index >= 15 is 0 Å². The summed E-state index contributed by atoms with van der Waals surface area (Å²) in [6, 6.07) is 47.6. The van der Waals surface area contributed by atoms with Crippen LogP contribution >= 0.6 is 11.8 Å². The summed E-state index contributed by atoms with van der Waals surface area (Å²) < 4.78 is 7.54. The molecule has 12 rings (SSSR count). The van der Waals surface area contributed by atoms with Gasteiger partial charge in [-0.2, -0.15) is 4.40 Å². The van der Waals surface area contributed by atoms with Gasteiger partial charge in [0.25, 0.3) is 5.65 Å². The van der Waals surface area contributed by atoms with Gasteiger partial charge in [0.2, 0.25) is 6.71 Å². The fourth-order valence-electron chi connectivity index (χ4n) is 11.0. The van der Waals surface area contributed by atoms with Crippen molar-refractivity contribution in [1.82, 2.24) is 8.97 Å². The maximum Gasteiger partial charge on any atom is 0.295 e. The van der Waals surface area contributed by atoms with Crippen molar-refractivity contribution in [2.75, 3.05) is 0 Å². The van der Waals surface area contributed by atoms with Gasteiger partial charge in [0.1, 0.15) is 5.52 Å². The second-order valence-corrected chi connectivity index (χ2v) is 22.5. The molecule has 10 aromatic rings. The Labute approximate surface area is 369 Å². The summed E-state index contributed by atoms with van der Waals surface area (Å²) in [5.41, 5.74) is 21.1. The van der Waals surface area contributed by atoms with Crippen molar-refractivity contribution in [1.29, 1.82) is 0 Å². The summed E-state index contributed by atoms with van der Waals surface area (Å²) in [5, 5.41) is 6.59. The number of hydrogen-bond donors (Lipinski definition) is 0. The van der Waals surface area contributed by atoms with E-state index in [1.165, 1.54) is 125 Å². The third kappa shape index (κ3) is 5.18. The normalized spacial score (nSPS) is 14.0. The molecule has 0 atom stereocenters. The molecule has 7 aromatic carbocycles. The SMILES string of the molecule is Cc1cccc2c3ccc(-c4cc5c6c(c4)-n4c7ccc(C(C)(C)C)cc7c7cc(C(C)(C)C)cc(c74)B6c4cc(C(C)(C)C)ccc4S5)cc3n3c4ccccc4[n+](C)c3c12. The van der Waals surface area contributed by atoms with E-state index in [1.807, 2.05) is 11.8 Å². The summed E-state index contributed by atoms with van der Waals surface area (Å²) in [6.45, 7) is 23.5. The molecule has 3 aromatic heterocycles. The zero-order valence-electron chi connectivity index (χ0n) is 37.9. The Bertz CT molecular complexity index is 3640. The van der Waals surface area contributed by atoms with Crippen molar-refractivity contribution in [3.8, 4) is 16.8 Å². The zero-order valence-corrected chi connectivity index (χ0v) is 38.7. The van der Waals surface area contributed by atoms with Crippen molar-refractivity contribution in [2.45, 2.75) is 95.3 Å². The van der Waals surface area contributed by atoms with Crippen LogP contribution in [0.15, 0.2) is 131 Å². The van der Waals surface area contributed by atoms with Crippen LogP contribution in [0.2, 0.25) is 0 Å². The van der Waals surface area contributed by atoms with Crippen LogP contribution in [0.1, 0.15) is 84.6 Å². The van der Waals surface area contributed by atoms with Crippen LogP contribution in [-0.2, 0) is 23.3 Å². The molecule has 5 heterocycles. The minimum absolute atomic E-state index is 0.0131. The summed E-state index contributed by atoms with van der Waals surface area (Å²) in [7, 11) is 2.22. The fraction of sp³-hybridized carbons (Fsp3) is 0.246. The highest BCUT2D eigenvalue weighted by Crippen LogP contribution is 2.44. The summed E-state index contributed by atoms with van der Waals surface area (Å²) in [4.78, 5) is 2.71. The summed E-state index contributed by atoms with van der Waals surface area (Å²) >= 11 is 1.96. The predicted molar refractivity (Wildman–Crippen MR) is 267 cm³/mol. The number of para-hydroxylation sites is 2. The van der Waals surface area contributed by atoms with Crippen LogP contribution in [0.5, 0.6) is 0 Å². The highest BCUT2D eigenvalue weighted by molar-refractivity contribution is 8.00. The first kappa shape index (κ1) is 37.9. The first-order valence-electron chi connectivity index (χ1n) is 22.4. The monoisotopic (exact) mass is 822 g/mol. The Morgan fingerprint density at radius 3 is 2.02 bits per heavy atom. The molecule has 3 nitrogen and oxygen atoms in total. The van der Waals surface area contributed by atoms with Crippen LogP contribution < -0.4 is 21.0 Å². The third-order valence-electron chi connectivity index (χ3n) is 14.4. The number of hydrogen-bond acceptors (Lipinski definition) is 1. The Morgan fingerprint density at radius 2 is 1.24 bits per heavy atom. The van der Waals surface area contributed by atoms with Crippen molar-refractivity contribution in [3.05, 3.63) is 144 Å². The molecule has 0 N–H and O–H groups in total. The molecule has 0 aliphatic carbocycles. The topological polar surface area (TPSA) is 13.2 Å². The van der Waals surface area contributed by atoms with Crippen LogP contribution in [0.4, 0.5) is 0 Å². The number of pyridine rings is 1. The van der Waals surface area contributed by atoms with Crippen LogP contribution in [0, 0.1) is 6.92 Å².